The zero-order valence-electron chi connectivity index (χ0n) is 21.5. The maximum absolute atomic E-state index is 13.4. The lowest BCUT2D eigenvalue weighted by Crippen LogP contribution is -2.57. The van der Waals surface area contributed by atoms with Crippen LogP contribution < -0.4 is 14.8 Å². The Kier molecular flexibility index (Phi) is 8.51. The number of methoxy groups -OCH3 is 1. The van der Waals surface area contributed by atoms with Gasteiger partial charge in [-0.15, -0.1) is 0 Å². The first-order valence-electron chi connectivity index (χ1n) is 12.8. The van der Waals surface area contributed by atoms with Gasteiger partial charge in [-0.05, 0) is 37.0 Å². The van der Waals surface area contributed by atoms with Gasteiger partial charge in [0.1, 0.15) is 18.5 Å². The van der Waals surface area contributed by atoms with Crippen molar-refractivity contribution < 1.29 is 38.8 Å². The van der Waals surface area contributed by atoms with E-state index in [0.717, 1.165) is 12.8 Å². The number of hydrogen-bond donors (Lipinski definition) is 3. The van der Waals surface area contributed by atoms with Crippen molar-refractivity contribution in [3.05, 3.63) is 34.9 Å². The van der Waals surface area contributed by atoms with E-state index in [4.69, 9.17) is 14.2 Å². The Balaban J connectivity index is 1.78. The molecule has 5 atom stereocenters. The predicted molar refractivity (Wildman–Crippen MR) is 134 cm³/mol. The Hall–Kier alpha value is -2.95. The van der Waals surface area contributed by atoms with Gasteiger partial charge in [-0.1, -0.05) is 13.8 Å². The SMILES string of the molecule is COc1cc(C=O)cc2c1O[C@@H]1[C@@H](O)[C@H](N(C[C@H]3CCCO3)C(=O)CC(C)C)C=C(C(=O)NCCO)[C@H]21. The smallest absolute Gasteiger partial charge is 0.247 e. The lowest BCUT2D eigenvalue weighted by molar-refractivity contribution is -0.140. The van der Waals surface area contributed by atoms with Gasteiger partial charge in [0.25, 0.3) is 0 Å². The van der Waals surface area contributed by atoms with E-state index < -0.39 is 30.1 Å². The number of carbonyl (C=O) groups is 3. The fourth-order valence-electron chi connectivity index (χ4n) is 5.42. The highest BCUT2D eigenvalue weighted by Crippen LogP contribution is 2.51. The second-order valence-corrected chi connectivity index (χ2v) is 10.2. The van der Waals surface area contributed by atoms with Gasteiger partial charge < -0.3 is 34.6 Å². The van der Waals surface area contributed by atoms with E-state index in [2.05, 4.69) is 5.32 Å². The molecule has 1 aromatic carbocycles. The molecule has 3 aliphatic rings. The summed E-state index contributed by atoms with van der Waals surface area (Å²) in [5.74, 6) is -0.513. The van der Waals surface area contributed by atoms with Gasteiger partial charge in [-0.25, -0.2) is 0 Å². The van der Waals surface area contributed by atoms with Crippen molar-refractivity contribution in [2.45, 2.75) is 63.4 Å². The molecule has 2 heterocycles. The topological polar surface area (TPSA) is 135 Å². The van der Waals surface area contributed by atoms with Crippen LogP contribution in [0.2, 0.25) is 0 Å². The summed E-state index contributed by atoms with van der Waals surface area (Å²) in [6.07, 6.45) is 2.09. The van der Waals surface area contributed by atoms with Gasteiger partial charge in [0.05, 0.1) is 31.8 Å². The molecule has 3 N–H and O–H groups in total. The molecule has 0 unspecified atom stereocenters. The Morgan fingerprint density at radius 1 is 1.32 bits per heavy atom. The van der Waals surface area contributed by atoms with Crippen LogP contribution in [0.15, 0.2) is 23.8 Å². The van der Waals surface area contributed by atoms with E-state index in [1.807, 2.05) is 13.8 Å². The highest BCUT2D eigenvalue weighted by Gasteiger charge is 2.51. The van der Waals surface area contributed by atoms with Gasteiger partial charge >= 0.3 is 0 Å². The third-order valence-electron chi connectivity index (χ3n) is 7.10. The normalized spacial score (nSPS) is 26.1. The number of aliphatic hydroxyl groups excluding tert-OH is 2. The molecule has 0 aromatic heterocycles. The summed E-state index contributed by atoms with van der Waals surface area (Å²) in [7, 11) is 1.45. The van der Waals surface area contributed by atoms with Crippen LogP contribution in [0.4, 0.5) is 0 Å². The maximum atomic E-state index is 13.4. The summed E-state index contributed by atoms with van der Waals surface area (Å²) in [6.45, 7) is 4.61. The Morgan fingerprint density at radius 3 is 2.73 bits per heavy atom. The maximum Gasteiger partial charge on any atom is 0.247 e. The number of amides is 2. The first-order valence-corrected chi connectivity index (χ1v) is 12.8. The first-order chi connectivity index (χ1) is 17.8. The molecule has 1 saturated heterocycles. The van der Waals surface area contributed by atoms with Crippen molar-refractivity contribution in [3.8, 4) is 11.5 Å². The van der Waals surface area contributed by atoms with E-state index >= 15 is 0 Å². The highest BCUT2D eigenvalue weighted by molar-refractivity contribution is 5.96. The highest BCUT2D eigenvalue weighted by atomic mass is 16.5. The third kappa shape index (κ3) is 5.51. The average Bonchev–Trinajstić information content (AvgIpc) is 3.53. The number of nitrogens with one attached hydrogen (secondary N) is 1. The molecule has 0 saturated carbocycles. The molecule has 0 radical (unpaired) electrons. The largest absolute Gasteiger partial charge is 0.493 e. The molecule has 0 spiro atoms. The molecular formula is C27H36N2O8. The Morgan fingerprint density at radius 2 is 2.11 bits per heavy atom. The number of hydrogen-bond acceptors (Lipinski definition) is 8. The van der Waals surface area contributed by atoms with Gasteiger partial charge in [-0.2, -0.15) is 0 Å². The quantitative estimate of drug-likeness (QED) is 0.395. The van der Waals surface area contributed by atoms with Crippen molar-refractivity contribution >= 4 is 18.1 Å². The minimum Gasteiger partial charge on any atom is -0.493 e. The Labute approximate surface area is 216 Å². The lowest BCUT2D eigenvalue weighted by Gasteiger charge is -2.41. The summed E-state index contributed by atoms with van der Waals surface area (Å²) >= 11 is 0. The molecule has 37 heavy (non-hydrogen) atoms. The van der Waals surface area contributed by atoms with Crippen molar-refractivity contribution in [1.29, 1.82) is 0 Å². The zero-order valence-corrected chi connectivity index (χ0v) is 21.5. The van der Waals surface area contributed by atoms with E-state index in [1.54, 1.807) is 17.0 Å². The number of benzene rings is 1. The van der Waals surface area contributed by atoms with Crippen molar-refractivity contribution in [1.82, 2.24) is 10.2 Å². The second kappa shape index (κ2) is 11.6. The van der Waals surface area contributed by atoms with Gasteiger partial charge in [0.2, 0.25) is 11.8 Å². The molecule has 4 rings (SSSR count). The molecule has 10 nitrogen and oxygen atoms in total. The first kappa shape index (κ1) is 27.1. The molecule has 1 fully saturated rings. The van der Waals surface area contributed by atoms with Gasteiger partial charge in [-0.3, -0.25) is 14.4 Å². The lowest BCUT2D eigenvalue weighted by atomic mass is 9.77. The van der Waals surface area contributed by atoms with Crippen LogP contribution in [-0.2, 0) is 14.3 Å². The van der Waals surface area contributed by atoms with Crippen LogP contribution in [0.3, 0.4) is 0 Å². The van der Waals surface area contributed by atoms with Crippen LogP contribution in [0.5, 0.6) is 11.5 Å². The monoisotopic (exact) mass is 516 g/mol. The summed E-state index contributed by atoms with van der Waals surface area (Å²) in [6, 6.07) is 2.33. The van der Waals surface area contributed by atoms with Crippen LogP contribution in [0.25, 0.3) is 0 Å². The number of carbonyl (C=O) groups excluding carboxylic acids is 3. The standard InChI is InChI=1S/C27H36N2O8/c1-15(2)9-22(32)29(13-17-5-4-8-36-17)20-12-19(27(34)28-6-7-30)23-18-10-16(14-31)11-21(35-3)25(18)37-26(23)24(20)33/h10-12,14-15,17,20,23-24,26,30,33H,4-9,13H2,1-3H3,(H,28,34)/t17-,20-,23+,24+,26+/m1/s1. The summed E-state index contributed by atoms with van der Waals surface area (Å²) in [5, 5.41) is 23.6. The number of fused-ring (bicyclic) bond motifs is 3. The molecule has 1 aromatic rings. The fraction of sp³-hybridized carbons (Fsp3) is 0.593. The second-order valence-electron chi connectivity index (χ2n) is 10.2. The third-order valence-corrected chi connectivity index (χ3v) is 7.10. The number of ether oxygens (including phenoxy) is 3. The van der Waals surface area contributed by atoms with Gasteiger partial charge in [0, 0.05) is 42.8 Å². The summed E-state index contributed by atoms with van der Waals surface area (Å²) < 4.78 is 17.5. The minimum atomic E-state index is -1.16. The Bertz CT molecular complexity index is 1050. The van der Waals surface area contributed by atoms with E-state index in [0.29, 0.717) is 41.1 Å². The number of aliphatic hydroxyl groups is 2. The van der Waals surface area contributed by atoms with Crippen LogP contribution >= 0.6 is 0 Å². The fourth-order valence-corrected chi connectivity index (χ4v) is 5.42. The number of aldehydes is 1. The molecule has 202 valence electrons. The van der Waals surface area contributed by atoms with E-state index in [9.17, 15) is 24.6 Å². The summed E-state index contributed by atoms with van der Waals surface area (Å²) in [4.78, 5) is 40.0. The average molecular weight is 517 g/mol. The number of rotatable bonds is 10. The minimum absolute atomic E-state index is 0.0398. The van der Waals surface area contributed by atoms with Crippen LogP contribution in [-0.4, -0.2) is 91.0 Å². The van der Waals surface area contributed by atoms with Crippen molar-refractivity contribution in [2.75, 3.05) is 33.4 Å². The number of nitrogens with zero attached hydrogens (tertiary/aromatic N) is 1. The molecule has 1 aliphatic carbocycles. The van der Waals surface area contributed by atoms with Crippen LogP contribution in [0.1, 0.15) is 54.9 Å². The molecule has 0 bridgehead atoms. The van der Waals surface area contributed by atoms with Crippen molar-refractivity contribution in [3.63, 3.8) is 0 Å². The van der Waals surface area contributed by atoms with Gasteiger partial charge in [0.15, 0.2) is 11.5 Å². The summed E-state index contributed by atoms with van der Waals surface area (Å²) in [5.41, 5.74) is 1.19. The van der Waals surface area contributed by atoms with E-state index in [1.165, 1.54) is 13.2 Å². The molecule has 10 heteroatoms. The molecule has 2 amide bonds. The zero-order chi connectivity index (χ0) is 26.7. The van der Waals surface area contributed by atoms with Crippen LogP contribution in [0, 0.1) is 5.92 Å². The molecular weight excluding hydrogens is 480 g/mol. The molecule has 2 aliphatic heterocycles. The predicted octanol–water partition coefficient (Wildman–Crippen LogP) is 1.18. The van der Waals surface area contributed by atoms with E-state index in [-0.39, 0.29) is 44.0 Å². The van der Waals surface area contributed by atoms with Crippen molar-refractivity contribution in [2.24, 2.45) is 5.92 Å².